The Morgan fingerprint density at radius 3 is 2.65 bits per heavy atom. The number of fused-ring (bicyclic) bond motifs is 1. The zero-order valence-electron chi connectivity index (χ0n) is 21.0. The number of rotatable bonds is 6. The molecule has 9 nitrogen and oxygen atoms in total. The predicted octanol–water partition coefficient (Wildman–Crippen LogP) is 3.11. The van der Waals surface area contributed by atoms with Crippen LogP contribution in [0.15, 0.2) is 35.0 Å². The lowest BCUT2D eigenvalue weighted by Gasteiger charge is -2.34. The Labute approximate surface area is 215 Å². The van der Waals surface area contributed by atoms with Gasteiger partial charge in [0.25, 0.3) is 11.8 Å². The molecule has 192 valence electrons. The molecule has 1 aromatic carbocycles. The molecule has 3 atom stereocenters. The van der Waals surface area contributed by atoms with Crippen molar-refractivity contribution >= 4 is 23.4 Å². The second-order valence-corrected chi connectivity index (χ2v) is 11.4. The largest absolute Gasteiger partial charge is 0.371 e. The molecule has 2 aromatic rings. The highest BCUT2D eigenvalue weighted by Crippen LogP contribution is 2.69. The summed E-state index contributed by atoms with van der Waals surface area (Å²) in [6.07, 6.45) is 10.2. The molecule has 3 heterocycles. The van der Waals surface area contributed by atoms with Gasteiger partial charge in [-0.25, -0.2) is 4.63 Å². The number of nitrogens with one attached hydrogen (secondary N) is 1. The Kier molecular flexibility index (Phi) is 5.07. The Balaban J connectivity index is 0.986. The fourth-order valence-electron chi connectivity index (χ4n) is 7.38. The molecular formula is C28H31N5O4. The first-order chi connectivity index (χ1) is 18.0. The highest BCUT2D eigenvalue weighted by atomic mass is 16.6. The standard InChI is InChI=1S/C28H31N5O4/c1-16-22(31-37-30-16)15-33-26(35)20-3-2-4-23(24(20)27(33)36)32-11-7-17(8-12-32)25(34)29-14-18-13-19-5-6-21(18)28(19)9-10-28/h2-6,17-19,21H,7-15H2,1H3,(H,29,34)/t18-,19-,21-/m1/s1. The van der Waals surface area contributed by atoms with E-state index in [1.165, 1.54) is 24.2 Å². The van der Waals surface area contributed by atoms with Gasteiger partial charge >= 0.3 is 0 Å². The van der Waals surface area contributed by atoms with Crippen LogP contribution >= 0.6 is 0 Å². The average Bonchev–Trinajstić information content (AvgIpc) is 3.31. The van der Waals surface area contributed by atoms with Crippen molar-refractivity contribution in [3.8, 4) is 0 Å². The lowest BCUT2D eigenvalue weighted by atomic mass is 9.88. The van der Waals surface area contributed by atoms with Crippen LogP contribution in [0.1, 0.15) is 64.2 Å². The SMILES string of the molecule is Cc1nonc1CN1C(=O)c2cccc(N3CCC(C(=O)NC[C@H]4C[C@H]5C=C[C@H]4C54CC4)CC3)c2C1=O. The number of anilines is 1. The van der Waals surface area contributed by atoms with Crippen LogP contribution in [0.25, 0.3) is 0 Å². The lowest BCUT2D eigenvalue weighted by Crippen LogP contribution is -2.42. The van der Waals surface area contributed by atoms with E-state index in [4.69, 9.17) is 4.63 Å². The van der Waals surface area contributed by atoms with Crippen LogP contribution in [-0.4, -0.2) is 52.6 Å². The van der Waals surface area contributed by atoms with E-state index in [1.54, 1.807) is 13.0 Å². The van der Waals surface area contributed by atoms with Crippen molar-refractivity contribution < 1.29 is 19.0 Å². The molecule has 7 rings (SSSR count). The van der Waals surface area contributed by atoms with Gasteiger partial charge in [-0.05, 0) is 74.3 Å². The van der Waals surface area contributed by atoms with Gasteiger partial charge in [0.05, 0.1) is 23.4 Å². The van der Waals surface area contributed by atoms with E-state index < -0.39 is 0 Å². The average molecular weight is 502 g/mol. The van der Waals surface area contributed by atoms with Gasteiger partial charge in [-0.2, -0.15) is 0 Å². The molecule has 3 fully saturated rings. The minimum Gasteiger partial charge on any atom is -0.371 e. The summed E-state index contributed by atoms with van der Waals surface area (Å²) in [4.78, 5) is 42.7. The first-order valence-corrected chi connectivity index (χ1v) is 13.4. The molecule has 1 N–H and O–H groups in total. The normalized spacial score (nSPS) is 27.4. The van der Waals surface area contributed by atoms with Crippen LogP contribution in [0, 0.1) is 36.0 Å². The third kappa shape index (κ3) is 3.46. The fraction of sp³-hybridized carbons (Fsp3) is 0.536. The minimum atomic E-state index is -0.332. The number of piperidine rings is 1. The van der Waals surface area contributed by atoms with Gasteiger partial charge in [0.1, 0.15) is 11.4 Å². The number of carbonyl (C=O) groups excluding carboxylic acids is 3. The van der Waals surface area contributed by atoms with Gasteiger partial charge in [-0.3, -0.25) is 19.3 Å². The van der Waals surface area contributed by atoms with Gasteiger partial charge in [0, 0.05) is 25.6 Å². The van der Waals surface area contributed by atoms with Crippen LogP contribution in [0.5, 0.6) is 0 Å². The van der Waals surface area contributed by atoms with Gasteiger partial charge in [0.2, 0.25) is 5.91 Å². The summed E-state index contributed by atoms with van der Waals surface area (Å²) >= 11 is 0. The number of hydrogen-bond acceptors (Lipinski definition) is 7. The first kappa shape index (κ1) is 22.7. The van der Waals surface area contributed by atoms with Gasteiger partial charge < -0.3 is 10.2 Å². The Morgan fingerprint density at radius 1 is 1.14 bits per heavy atom. The van der Waals surface area contributed by atoms with E-state index in [9.17, 15) is 14.4 Å². The Hall–Kier alpha value is -3.49. The number of allylic oxidation sites excluding steroid dienone is 2. The molecule has 9 heteroatoms. The summed E-state index contributed by atoms with van der Waals surface area (Å²) in [5.74, 6) is 1.45. The first-order valence-electron chi connectivity index (χ1n) is 13.4. The summed E-state index contributed by atoms with van der Waals surface area (Å²) in [5.41, 5.74) is 3.18. The van der Waals surface area contributed by atoms with Crippen molar-refractivity contribution in [2.75, 3.05) is 24.5 Å². The molecule has 0 unspecified atom stereocenters. The number of hydrogen-bond donors (Lipinski definition) is 1. The minimum absolute atomic E-state index is 0.0199. The van der Waals surface area contributed by atoms with Crippen molar-refractivity contribution in [3.63, 3.8) is 0 Å². The predicted molar refractivity (Wildman–Crippen MR) is 134 cm³/mol. The summed E-state index contributed by atoms with van der Waals surface area (Å²) < 4.78 is 4.73. The van der Waals surface area contributed by atoms with E-state index in [1.807, 2.05) is 12.1 Å². The molecule has 5 aliphatic rings. The topological polar surface area (TPSA) is 109 Å². The van der Waals surface area contributed by atoms with Crippen LogP contribution in [-0.2, 0) is 11.3 Å². The lowest BCUT2D eigenvalue weighted by molar-refractivity contribution is -0.125. The van der Waals surface area contributed by atoms with Crippen molar-refractivity contribution in [2.45, 2.75) is 45.6 Å². The summed E-state index contributed by atoms with van der Waals surface area (Å²) in [7, 11) is 0. The second kappa shape index (κ2) is 8.26. The maximum Gasteiger partial charge on any atom is 0.264 e. The third-order valence-electron chi connectivity index (χ3n) is 9.62. The third-order valence-corrected chi connectivity index (χ3v) is 9.62. The summed E-state index contributed by atoms with van der Waals surface area (Å²) in [6, 6.07) is 5.41. The molecule has 2 aliphatic heterocycles. The van der Waals surface area contributed by atoms with Crippen molar-refractivity contribution in [3.05, 3.63) is 52.9 Å². The molecule has 1 aromatic heterocycles. The van der Waals surface area contributed by atoms with Crippen LogP contribution in [0.4, 0.5) is 5.69 Å². The van der Waals surface area contributed by atoms with Crippen molar-refractivity contribution in [1.82, 2.24) is 20.5 Å². The Morgan fingerprint density at radius 2 is 1.95 bits per heavy atom. The monoisotopic (exact) mass is 501 g/mol. The number of aryl methyl sites for hydroxylation is 1. The zero-order valence-corrected chi connectivity index (χ0v) is 21.0. The number of imide groups is 1. The van der Waals surface area contributed by atoms with Gasteiger partial charge in [-0.15, -0.1) is 0 Å². The molecule has 0 radical (unpaired) electrons. The molecule has 2 bridgehead atoms. The number of nitrogens with zero attached hydrogens (tertiary/aromatic N) is 4. The van der Waals surface area contributed by atoms with Crippen LogP contribution < -0.4 is 10.2 Å². The van der Waals surface area contributed by atoms with Crippen molar-refractivity contribution in [1.29, 1.82) is 0 Å². The van der Waals surface area contributed by atoms with E-state index in [-0.39, 0.29) is 30.2 Å². The molecule has 3 aliphatic carbocycles. The van der Waals surface area contributed by atoms with Crippen LogP contribution in [0.2, 0.25) is 0 Å². The molecule has 2 saturated carbocycles. The molecule has 3 amide bonds. The highest BCUT2D eigenvalue weighted by molar-refractivity contribution is 6.23. The molecule has 1 saturated heterocycles. The second-order valence-electron chi connectivity index (χ2n) is 11.4. The maximum absolute atomic E-state index is 13.3. The van der Waals surface area contributed by atoms with Crippen molar-refractivity contribution in [2.24, 2.45) is 29.1 Å². The zero-order chi connectivity index (χ0) is 25.3. The van der Waals surface area contributed by atoms with E-state index >= 15 is 0 Å². The molecular weight excluding hydrogens is 470 g/mol. The number of aromatic nitrogens is 2. The maximum atomic E-state index is 13.3. The smallest absolute Gasteiger partial charge is 0.264 e. The number of carbonyl (C=O) groups is 3. The van der Waals surface area contributed by atoms with E-state index in [2.05, 4.69) is 32.7 Å². The number of amides is 3. The quantitative estimate of drug-likeness (QED) is 0.479. The summed E-state index contributed by atoms with van der Waals surface area (Å²) in [5, 5.41) is 10.8. The van der Waals surface area contributed by atoms with E-state index in [0.29, 0.717) is 52.9 Å². The Bertz CT molecular complexity index is 1320. The highest BCUT2D eigenvalue weighted by Gasteiger charge is 2.62. The molecule has 37 heavy (non-hydrogen) atoms. The van der Waals surface area contributed by atoms with Gasteiger partial charge in [0.15, 0.2) is 0 Å². The van der Waals surface area contributed by atoms with Gasteiger partial charge in [-0.1, -0.05) is 28.5 Å². The number of benzene rings is 1. The summed E-state index contributed by atoms with van der Waals surface area (Å²) in [6.45, 7) is 3.88. The van der Waals surface area contributed by atoms with E-state index in [0.717, 1.165) is 31.0 Å². The molecule has 1 spiro atoms. The fourth-order valence-corrected chi connectivity index (χ4v) is 7.38. The van der Waals surface area contributed by atoms with Crippen LogP contribution in [0.3, 0.4) is 0 Å².